The molecular formula is C26H24N2O4. The molecule has 6 nitrogen and oxygen atoms in total. The van der Waals surface area contributed by atoms with E-state index in [9.17, 15) is 9.90 Å². The molecule has 1 aliphatic heterocycles. The number of hydrogen-bond donors (Lipinski definition) is 1. The number of phenols is 1. The third-order valence-electron chi connectivity index (χ3n) is 5.36. The van der Waals surface area contributed by atoms with Gasteiger partial charge >= 0.3 is 0 Å². The maximum Gasteiger partial charge on any atom is 0.267 e. The molecule has 1 aliphatic rings. The fourth-order valence-electron chi connectivity index (χ4n) is 3.72. The zero-order chi connectivity index (χ0) is 22.5. The van der Waals surface area contributed by atoms with Crippen LogP contribution in [0.15, 0.2) is 84.0 Å². The van der Waals surface area contributed by atoms with Gasteiger partial charge in [0.1, 0.15) is 5.75 Å². The van der Waals surface area contributed by atoms with Gasteiger partial charge < -0.3 is 14.6 Å². The third kappa shape index (κ3) is 4.34. The summed E-state index contributed by atoms with van der Waals surface area (Å²) in [7, 11) is 3.16. The van der Waals surface area contributed by atoms with Crippen molar-refractivity contribution in [3.63, 3.8) is 0 Å². The zero-order valence-corrected chi connectivity index (χ0v) is 17.9. The fraction of sp³-hybridized carbons (Fsp3) is 0.154. The molecule has 32 heavy (non-hydrogen) atoms. The summed E-state index contributed by atoms with van der Waals surface area (Å²) in [6, 6.07) is 21.8. The Labute approximate surface area is 187 Å². The van der Waals surface area contributed by atoms with Crippen molar-refractivity contribution in [1.82, 2.24) is 5.01 Å². The Hall–Kier alpha value is -4.06. The Morgan fingerprint density at radius 1 is 1.00 bits per heavy atom. The number of ether oxygens (including phenoxy) is 2. The van der Waals surface area contributed by atoms with Crippen molar-refractivity contribution < 1.29 is 19.4 Å². The number of nitrogens with zero attached hydrogens (tertiary/aromatic N) is 2. The summed E-state index contributed by atoms with van der Waals surface area (Å²) in [5, 5.41) is 16.4. The molecule has 1 unspecified atom stereocenters. The van der Waals surface area contributed by atoms with Crippen LogP contribution in [0.2, 0.25) is 0 Å². The highest BCUT2D eigenvalue weighted by molar-refractivity contribution is 6.06. The number of hydrogen-bond acceptors (Lipinski definition) is 5. The molecular weight excluding hydrogens is 404 g/mol. The molecule has 1 N–H and O–H groups in total. The highest BCUT2D eigenvalue weighted by Crippen LogP contribution is 2.38. The molecule has 6 heteroatoms. The van der Waals surface area contributed by atoms with Crippen LogP contribution in [0.4, 0.5) is 0 Å². The van der Waals surface area contributed by atoms with Crippen LogP contribution in [0.25, 0.3) is 6.08 Å². The zero-order valence-electron chi connectivity index (χ0n) is 17.9. The second kappa shape index (κ2) is 9.39. The van der Waals surface area contributed by atoms with Crippen LogP contribution < -0.4 is 9.47 Å². The summed E-state index contributed by atoms with van der Waals surface area (Å²) in [5.41, 5.74) is 3.04. The third-order valence-corrected chi connectivity index (χ3v) is 5.36. The Morgan fingerprint density at radius 2 is 1.72 bits per heavy atom. The van der Waals surface area contributed by atoms with Crippen molar-refractivity contribution in [3.05, 3.63) is 95.6 Å². The molecule has 0 spiro atoms. The Kier molecular flexibility index (Phi) is 6.22. The summed E-state index contributed by atoms with van der Waals surface area (Å²) in [6.45, 7) is 0. The fourth-order valence-corrected chi connectivity index (χ4v) is 3.72. The number of amides is 1. The van der Waals surface area contributed by atoms with E-state index >= 15 is 0 Å². The molecule has 0 aliphatic carbocycles. The highest BCUT2D eigenvalue weighted by atomic mass is 16.5. The first-order valence-corrected chi connectivity index (χ1v) is 10.2. The van der Waals surface area contributed by atoms with E-state index in [0.29, 0.717) is 29.2 Å². The Bertz CT molecular complexity index is 1170. The van der Waals surface area contributed by atoms with E-state index in [2.05, 4.69) is 5.10 Å². The molecule has 3 aromatic rings. The standard InChI is InChI=1S/C26H24N2O4/c1-31-24-14-13-19(16-25(24)32-2)22-17-21(20-10-6-7-11-23(20)29)27-28(22)26(30)15-12-18-8-4-3-5-9-18/h3-16,22,29H,17H2,1-2H3. The second-order valence-electron chi connectivity index (χ2n) is 7.33. The smallest absolute Gasteiger partial charge is 0.267 e. The van der Waals surface area contributed by atoms with Gasteiger partial charge in [-0.25, -0.2) is 5.01 Å². The van der Waals surface area contributed by atoms with E-state index in [1.165, 1.54) is 11.1 Å². The van der Waals surface area contributed by atoms with Crippen molar-refractivity contribution in [2.75, 3.05) is 14.2 Å². The molecule has 0 saturated carbocycles. The number of aromatic hydroxyl groups is 1. The van der Waals surface area contributed by atoms with E-state index in [1.807, 2.05) is 54.6 Å². The molecule has 0 fully saturated rings. The van der Waals surface area contributed by atoms with Crippen LogP contribution >= 0.6 is 0 Å². The van der Waals surface area contributed by atoms with Gasteiger partial charge in [-0.15, -0.1) is 0 Å². The average Bonchev–Trinajstić information content (AvgIpc) is 3.28. The molecule has 1 atom stereocenters. The van der Waals surface area contributed by atoms with Crippen LogP contribution in [-0.4, -0.2) is 36.0 Å². The van der Waals surface area contributed by atoms with E-state index in [1.54, 1.807) is 38.5 Å². The Morgan fingerprint density at radius 3 is 2.44 bits per heavy atom. The number of carbonyl (C=O) groups is 1. The van der Waals surface area contributed by atoms with Crippen LogP contribution in [0.5, 0.6) is 17.2 Å². The SMILES string of the molecule is COc1ccc(C2CC(c3ccccc3O)=NN2C(=O)C=Cc2ccccc2)cc1OC. The highest BCUT2D eigenvalue weighted by Gasteiger charge is 2.33. The number of methoxy groups -OCH3 is 2. The van der Waals surface area contributed by atoms with Gasteiger partial charge in [-0.2, -0.15) is 5.10 Å². The minimum absolute atomic E-state index is 0.131. The Balaban J connectivity index is 1.70. The molecule has 3 aromatic carbocycles. The quantitative estimate of drug-likeness (QED) is 0.573. The van der Waals surface area contributed by atoms with Gasteiger partial charge in [0.25, 0.3) is 5.91 Å². The van der Waals surface area contributed by atoms with E-state index in [-0.39, 0.29) is 17.7 Å². The lowest BCUT2D eigenvalue weighted by Gasteiger charge is -2.21. The lowest BCUT2D eigenvalue weighted by molar-refractivity contribution is -0.127. The summed E-state index contributed by atoms with van der Waals surface area (Å²) in [5.74, 6) is 1.07. The number of rotatable bonds is 6. The monoisotopic (exact) mass is 428 g/mol. The van der Waals surface area contributed by atoms with Gasteiger partial charge in [0.05, 0.1) is 26.0 Å². The van der Waals surface area contributed by atoms with Gasteiger partial charge in [0.15, 0.2) is 11.5 Å². The summed E-state index contributed by atoms with van der Waals surface area (Å²) in [4.78, 5) is 13.2. The largest absolute Gasteiger partial charge is 0.507 e. The van der Waals surface area contributed by atoms with Crippen LogP contribution in [0.3, 0.4) is 0 Å². The number of para-hydroxylation sites is 1. The van der Waals surface area contributed by atoms with Crippen LogP contribution in [0, 0.1) is 0 Å². The van der Waals surface area contributed by atoms with Crippen LogP contribution in [-0.2, 0) is 4.79 Å². The predicted molar refractivity (Wildman–Crippen MR) is 124 cm³/mol. The van der Waals surface area contributed by atoms with Crippen molar-refractivity contribution in [2.24, 2.45) is 5.10 Å². The van der Waals surface area contributed by atoms with Gasteiger partial charge in [-0.3, -0.25) is 4.79 Å². The van der Waals surface area contributed by atoms with Crippen molar-refractivity contribution in [3.8, 4) is 17.2 Å². The molecule has 1 amide bonds. The van der Waals surface area contributed by atoms with Gasteiger partial charge in [-0.1, -0.05) is 48.5 Å². The first-order chi connectivity index (χ1) is 15.6. The van der Waals surface area contributed by atoms with Crippen molar-refractivity contribution in [2.45, 2.75) is 12.5 Å². The van der Waals surface area contributed by atoms with Gasteiger partial charge in [0.2, 0.25) is 0 Å². The normalized spacial score (nSPS) is 15.6. The van der Waals surface area contributed by atoms with Crippen molar-refractivity contribution in [1.29, 1.82) is 0 Å². The lowest BCUT2D eigenvalue weighted by atomic mass is 9.97. The minimum atomic E-state index is -0.350. The maximum atomic E-state index is 13.2. The van der Waals surface area contributed by atoms with E-state index in [0.717, 1.165) is 11.1 Å². The molecule has 162 valence electrons. The maximum absolute atomic E-state index is 13.2. The first kappa shape index (κ1) is 21.2. The van der Waals surface area contributed by atoms with E-state index < -0.39 is 0 Å². The van der Waals surface area contributed by atoms with E-state index in [4.69, 9.17) is 9.47 Å². The lowest BCUT2D eigenvalue weighted by Crippen LogP contribution is -2.25. The summed E-state index contributed by atoms with van der Waals surface area (Å²) in [6.07, 6.45) is 3.74. The minimum Gasteiger partial charge on any atom is -0.507 e. The average molecular weight is 428 g/mol. The molecule has 0 aromatic heterocycles. The van der Waals surface area contributed by atoms with Gasteiger partial charge in [-0.05, 0) is 41.5 Å². The number of hydrazone groups is 1. The topological polar surface area (TPSA) is 71.4 Å². The molecule has 0 radical (unpaired) electrons. The number of benzene rings is 3. The molecule has 4 rings (SSSR count). The summed E-state index contributed by atoms with van der Waals surface area (Å²) >= 11 is 0. The van der Waals surface area contributed by atoms with Crippen LogP contribution in [0.1, 0.15) is 29.2 Å². The summed E-state index contributed by atoms with van der Waals surface area (Å²) < 4.78 is 10.8. The molecule has 0 saturated heterocycles. The molecule has 0 bridgehead atoms. The number of phenolic OH excluding ortho intramolecular Hbond substituents is 1. The second-order valence-corrected chi connectivity index (χ2v) is 7.33. The van der Waals surface area contributed by atoms with Gasteiger partial charge in [0, 0.05) is 18.1 Å². The number of carbonyl (C=O) groups excluding carboxylic acids is 1. The first-order valence-electron chi connectivity index (χ1n) is 10.2. The molecule has 1 heterocycles. The predicted octanol–water partition coefficient (Wildman–Crippen LogP) is 4.80. The van der Waals surface area contributed by atoms with Crippen molar-refractivity contribution >= 4 is 17.7 Å².